The summed E-state index contributed by atoms with van der Waals surface area (Å²) >= 11 is 1.09. The molecule has 1 aliphatic carbocycles. The third-order valence-electron chi connectivity index (χ3n) is 3.08. The van der Waals surface area contributed by atoms with Gasteiger partial charge in [-0.3, -0.25) is 0 Å². The van der Waals surface area contributed by atoms with Gasteiger partial charge < -0.3 is 21.1 Å². The Balaban J connectivity index is 1.61. The number of aromatic carboxylic acids is 1. The highest BCUT2D eigenvalue weighted by molar-refractivity contribution is 7.13. The summed E-state index contributed by atoms with van der Waals surface area (Å²) in [6.07, 6.45) is 3.42. The Kier molecular flexibility index (Phi) is 5.51. The Bertz CT molecular complexity index is 514. The summed E-state index contributed by atoms with van der Waals surface area (Å²) in [5.41, 5.74) is 0.482. The molecule has 0 spiro atoms. The molecule has 7 nitrogen and oxygen atoms in total. The summed E-state index contributed by atoms with van der Waals surface area (Å²) in [5, 5.41) is 18.3. The van der Waals surface area contributed by atoms with Crippen molar-refractivity contribution in [1.82, 2.24) is 20.9 Å². The molecule has 0 unspecified atom stereocenters. The fourth-order valence-corrected chi connectivity index (χ4v) is 2.67. The first-order valence-corrected chi connectivity index (χ1v) is 7.82. The highest BCUT2D eigenvalue weighted by Crippen LogP contribution is 2.18. The lowest BCUT2D eigenvalue weighted by Crippen LogP contribution is -2.36. The van der Waals surface area contributed by atoms with Crippen LogP contribution in [0, 0.1) is 6.92 Å². The molecular weight excluding hydrogens is 292 g/mol. The highest BCUT2D eigenvalue weighted by atomic mass is 32.1. The van der Waals surface area contributed by atoms with Gasteiger partial charge in [0.05, 0.1) is 12.2 Å². The van der Waals surface area contributed by atoms with Crippen molar-refractivity contribution in [1.29, 1.82) is 0 Å². The zero-order chi connectivity index (χ0) is 15.2. The van der Waals surface area contributed by atoms with Crippen molar-refractivity contribution in [3.63, 3.8) is 0 Å². The van der Waals surface area contributed by atoms with Gasteiger partial charge in [0.1, 0.15) is 9.88 Å². The van der Waals surface area contributed by atoms with Crippen molar-refractivity contribution < 1.29 is 14.7 Å². The molecule has 1 aromatic heterocycles. The van der Waals surface area contributed by atoms with Crippen molar-refractivity contribution in [2.75, 3.05) is 13.1 Å². The van der Waals surface area contributed by atoms with Crippen LogP contribution in [0.2, 0.25) is 0 Å². The number of urea groups is 1. The van der Waals surface area contributed by atoms with Crippen LogP contribution in [0.4, 0.5) is 4.79 Å². The Morgan fingerprint density at radius 2 is 2.10 bits per heavy atom. The van der Waals surface area contributed by atoms with Crippen molar-refractivity contribution in [2.24, 2.45) is 0 Å². The normalized spacial score (nSPS) is 14.0. The molecule has 116 valence electrons. The molecule has 0 radical (unpaired) electrons. The lowest BCUT2D eigenvalue weighted by molar-refractivity contribution is 0.0701. The van der Waals surface area contributed by atoms with Gasteiger partial charge in [-0.15, -0.1) is 11.3 Å². The SMILES string of the molecule is Cc1nc(CNC(=O)NCCCNC2CC2)sc1C(=O)O. The van der Waals surface area contributed by atoms with E-state index < -0.39 is 5.97 Å². The lowest BCUT2D eigenvalue weighted by atomic mass is 10.4. The fourth-order valence-electron chi connectivity index (χ4n) is 1.83. The lowest BCUT2D eigenvalue weighted by Gasteiger charge is -2.06. The summed E-state index contributed by atoms with van der Waals surface area (Å²) in [6, 6.07) is 0.432. The minimum absolute atomic E-state index is 0.221. The number of nitrogens with zero attached hydrogens (tertiary/aromatic N) is 1. The first-order valence-electron chi connectivity index (χ1n) is 7.01. The molecular formula is C13H20N4O3S. The van der Waals surface area contributed by atoms with Crippen LogP contribution in [0.15, 0.2) is 0 Å². The zero-order valence-electron chi connectivity index (χ0n) is 11.9. The topological polar surface area (TPSA) is 103 Å². The van der Waals surface area contributed by atoms with E-state index in [1.165, 1.54) is 12.8 Å². The quantitative estimate of drug-likeness (QED) is 0.538. The van der Waals surface area contributed by atoms with Crippen LogP contribution in [-0.2, 0) is 6.54 Å². The molecule has 1 aromatic rings. The number of carbonyl (C=O) groups is 2. The van der Waals surface area contributed by atoms with E-state index in [-0.39, 0.29) is 17.5 Å². The van der Waals surface area contributed by atoms with E-state index in [2.05, 4.69) is 20.9 Å². The van der Waals surface area contributed by atoms with Crippen molar-refractivity contribution in [3.8, 4) is 0 Å². The van der Waals surface area contributed by atoms with E-state index in [9.17, 15) is 9.59 Å². The van der Waals surface area contributed by atoms with Crippen LogP contribution in [0.5, 0.6) is 0 Å². The minimum atomic E-state index is -0.983. The summed E-state index contributed by atoms with van der Waals surface area (Å²) in [5.74, 6) is -0.983. The van der Waals surface area contributed by atoms with E-state index in [0.717, 1.165) is 24.3 Å². The standard InChI is InChI=1S/C13H20N4O3S/c1-8-11(12(18)19)21-10(17-8)7-16-13(20)15-6-2-5-14-9-3-4-9/h9,14H,2-7H2,1H3,(H,18,19)(H2,15,16,20). The number of aryl methyl sites for hydroxylation is 1. The van der Waals surface area contributed by atoms with E-state index in [0.29, 0.717) is 23.3 Å². The van der Waals surface area contributed by atoms with Gasteiger partial charge in [0.15, 0.2) is 0 Å². The van der Waals surface area contributed by atoms with E-state index in [1.807, 2.05) is 0 Å². The second-order valence-electron chi connectivity index (χ2n) is 5.02. The number of carbonyl (C=O) groups excluding carboxylic acids is 1. The average molecular weight is 312 g/mol. The number of thiazole rings is 1. The van der Waals surface area contributed by atoms with Crippen LogP contribution in [0.1, 0.15) is 39.6 Å². The predicted molar refractivity (Wildman–Crippen MR) is 79.7 cm³/mol. The van der Waals surface area contributed by atoms with Crippen LogP contribution in [0.3, 0.4) is 0 Å². The Morgan fingerprint density at radius 1 is 1.33 bits per heavy atom. The fraction of sp³-hybridized carbons (Fsp3) is 0.615. The van der Waals surface area contributed by atoms with Gasteiger partial charge in [-0.25, -0.2) is 14.6 Å². The minimum Gasteiger partial charge on any atom is -0.477 e. The second-order valence-corrected chi connectivity index (χ2v) is 6.10. The molecule has 1 fully saturated rings. The molecule has 1 saturated carbocycles. The third kappa shape index (κ3) is 5.31. The van der Waals surface area contributed by atoms with Crippen LogP contribution in [0.25, 0.3) is 0 Å². The van der Waals surface area contributed by atoms with Crippen LogP contribution < -0.4 is 16.0 Å². The molecule has 0 atom stereocenters. The molecule has 8 heteroatoms. The first kappa shape index (κ1) is 15.7. The summed E-state index contributed by atoms with van der Waals surface area (Å²) < 4.78 is 0. The van der Waals surface area contributed by atoms with Gasteiger partial charge in [-0.1, -0.05) is 0 Å². The zero-order valence-corrected chi connectivity index (χ0v) is 12.8. The first-order chi connectivity index (χ1) is 10.1. The van der Waals surface area contributed by atoms with Crippen molar-refractivity contribution in [3.05, 3.63) is 15.6 Å². The van der Waals surface area contributed by atoms with E-state index >= 15 is 0 Å². The summed E-state index contributed by atoms with van der Waals surface area (Å²) in [6.45, 7) is 3.42. The Labute approximate surface area is 127 Å². The number of hydrogen-bond acceptors (Lipinski definition) is 5. The monoisotopic (exact) mass is 312 g/mol. The number of hydrogen-bond donors (Lipinski definition) is 4. The van der Waals surface area contributed by atoms with Gasteiger partial charge in [0.2, 0.25) is 0 Å². The number of amides is 2. The third-order valence-corrected chi connectivity index (χ3v) is 4.23. The molecule has 21 heavy (non-hydrogen) atoms. The summed E-state index contributed by atoms with van der Waals surface area (Å²) in [4.78, 5) is 26.8. The van der Waals surface area contributed by atoms with E-state index in [1.54, 1.807) is 6.92 Å². The van der Waals surface area contributed by atoms with Gasteiger partial charge in [-0.2, -0.15) is 0 Å². The maximum absolute atomic E-state index is 11.6. The molecule has 1 heterocycles. The van der Waals surface area contributed by atoms with Crippen molar-refractivity contribution in [2.45, 2.75) is 38.8 Å². The second kappa shape index (κ2) is 7.37. The molecule has 1 aliphatic rings. The van der Waals surface area contributed by atoms with Crippen molar-refractivity contribution >= 4 is 23.3 Å². The number of nitrogens with one attached hydrogen (secondary N) is 3. The molecule has 0 saturated heterocycles. The van der Waals surface area contributed by atoms with Gasteiger partial charge >= 0.3 is 12.0 Å². The number of carboxylic acids is 1. The molecule has 0 aromatic carbocycles. The number of rotatable bonds is 8. The van der Waals surface area contributed by atoms with E-state index in [4.69, 9.17) is 5.11 Å². The smallest absolute Gasteiger partial charge is 0.347 e. The maximum Gasteiger partial charge on any atom is 0.347 e. The summed E-state index contributed by atoms with van der Waals surface area (Å²) in [7, 11) is 0. The Hall–Kier alpha value is -1.67. The number of carboxylic acid groups (broad SMARTS) is 1. The van der Waals surface area contributed by atoms with Crippen LogP contribution >= 0.6 is 11.3 Å². The Morgan fingerprint density at radius 3 is 2.71 bits per heavy atom. The van der Waals surface area contributed by atoms with Gasteiger partial charge in [0.25, 0.3) is 0 Å². The van der Waals surface area contributed by atoms with Crippen LogP contribution in [-0.4, -0.2) is 41.2 Å². The number of aromatic nitrogens is 1. The van der Waals surface area contributed by atoms with Gasteiger partial charge in [0, 0.05) is 12.6 Å². The molecule has 2 amide bonds. The molecule has 0 aliphatic heterocycles. The maximum atomic E-state index is 11.6. The molecule has 4 N–H and O–H groups in total. The highest BCUT2D eigenvalue weighted by Gasteiger charge is 2.19. The molecule has 0 bridgehead atoms. The van der Waals surface area contributed by atoms with Gasteiger partial charge in [-0.05, 0) is 32.7 Å². The molecule has 2 rings (SSSR count). The predicted octanol–water partition coefficient (Wildman–Crippen LogP) is 1.09. The largest absolute Gasteiger partial charge is 0.477 e. The average Bonchev–Trinajstić information content (AvgIpc) is 3.17.